The third-order valence-electron chi connectivity index (χ3n) is 27.2. The van der Waals surface area contributed by atoms with E-state index in [9.17, 15) is 0 Å². The van der Waals surface area contributed by atoms with E-state index in [1.54, 1.807) is 0 Å². The second-order valence-electron chi connectivity index (χ2n) is 37.7. The normalized spacial score (nSPS) is 11.8. The predicted octanol–water partition coefficient (Wildman–Crippen LogP) is 38.2. The van der Waals surface area contributed by atoms with Crippen LogP contribution in [0.15, 0.2) is 522 Å². The summed E-state index contributed by atoms with van der Waals surface area (Å²) in [7, 11) is 0. The summed E-state index contributed by atoms with van der Waals surface area (Å²) in [4.78, 5) is 7.22. The van der Waals surface area contributed by atoms with E-state index in [1.807, 2.05) is 0 Å². The highest BCUT2D eigenvalue weighted by Crippen LogP contribution is 2.54. The van der Waals surface area contributed by atoms with Crippen LogP contribution in [-0.4, -0.2) is 0 Å². The summed E-state index contributed by atoms with van der Waals surface area (Å²) in [6.45, 7) is 15.8. The fourth-order valence-electron chi connectivity index (χ4n) is 20.0. The van der Waals surface area contributed by atoms with Crippen molar-refractivity contribution in [1.29, 1.82) is 0 Å². The van der Waals surface area contributed by atoms with Crippen molar-refractivity contribution in [3.8, 4) is 111 Å². The third-order valence-corrected chi connectivity index (χ3v) is 27.2. The number of para-hydroxylation sites is 2. The zero-order valence-electron chi connectivity index (χ0n) is 79.0. The monoisotopic (exact) mass is 1770 g/mol. The highest BCUT2D eigenvalue weighted by Gasteiger charge is 2.36. The third kappa shape index (κ3) is 18.2. The van der Waals surface area contributed by atoms with E-state index in [-0.39, 0.29) is 10.8 Å². The Morgan fingerprint density at radius 1 is 0.181 bits per heavy atom. The molecule has 0 atom stereocenters. The molecule has 138 heavy (non-hydrogen) atoms. The lowest BCUT2D eigenvalue weighted by Gasteiger charge is -2.30. The topological polar surface area (TPSA) is 9.72 Å². The minimum atomic E-state index is -0.0655. The Labute approximate surface area is 812 Å². The lowest BCUT2D eigenvalue weighted by molar-refractivity contribution is 0.590. The van der Waals surface area contributed by atoms with Crippen LogP contribution in [0.3, 0.4) is 0 Å². The van der Waals surface area contributed by atoms with Gasteiger partial charge in [0, 0.05) is 56.0 Å². The molecule has 0 N–H and O–H groups in total. The van der Waals surface area contributed by atoms with Gasteiger partial charge in [-0.1, -0.05) is 446 Å². The molecule has 22 aromatic carbocycles. The van der Waals surface area contributed by atoms with E-state index < -0.39 is 0 Å². The van der Waals surface area contributed by atoms with Crippen LogP contribution in [0.25, 0.3) is 144 Å². The van der Waals surface area contributed by atoms with E-state index in [4.69, 9.17) is 0 Å². The van der Waals surface area contributed by atoms with Crippen LogP contribution in [-0.2, 0) is 10.8 Å². The van der Waals surface area contributed by atoms with Crippen molar-refractivity contribution in [3.05, 3.63) is 550 Å². The lowest BCUT2D eigenvalue weighted by atomic mass is 9.82. The van der Waals surface area contributed by atoms with Gasteiger partial charge in [0.1, 0.15) is 0 Å². The highest BCUT2D eigenvalue weighted by molar-refractivity contribution is 6.12. The first-order chi connectivity index (χ1) is 67.6. The standard InChI is InChI=1S/C53H45N.2C41H31N/c1-52(2,3)40-28-24-39(25-29-40)51-45-22-13-12-21-44(45)50(35-46(51)38-18-10-7-11-19-38)54(41-30-26-37(27-31-41)36-16-8-6-9-17-36)42-32-33-49-47(34-42)43-20-14-15-23-48(43)53(49,4)5;1-30-23-24-36-28-37(29-41(40(36)25-30)42(38-19-7-3-8-20-38)39-21-9-4-10-22-39)35-18-12-17-34(27-35)33-16-11-15-32(26-33)31-13-5-2-6-14-31;1-30-16-18-35(19-17-30)41-29-39(28-36-14-8-9-15-40(36)41)42(37-24-20-33(21-25-37)31-10-4-2-5-11-31)38-26-22-34(23-27-38)32-12-6-3-7-13-32/h6-35H,1-5H3;2*2-29H,1H3. The van der Waals surface area contributed by atoms with Gasteiger partial charge in [-0.25, -0.2) is 0 Å². The number of rotatable bonds is 18. The molecule has 3 nitrogen and oxygen atoms in total. The van der Waals surface area contributed by atoms with Gasteiger partial charge in [0.25, 0.3) is 0 Å². The lowest BCUT2D eigenvalue weighted by Crippen LogP contribution is -2.15. The number of benzene rings is 22. The van der Waals surface area contributed by atoms with E-state index in [2.05, 4.69) is 585 Å². The molecule has 0 unspecified atom stereocenters. The molecule has 0 aromatic heterocycles. The summed E-state index contributed by atoms with van der Waals surface area (Å²) < 4.78 is 0. The maximum atomic E-state index is 2.48. The van der Waals surface area contributed by atoms with Gasteiger partial charge >= 0.3 is 0 Å². The molecule has 22 aromatic rings. The summed E-state index contributed by atoms with van der Waals surface area (Å²) in [6, 6.07) is 189. The number of hydrogen-bond acceptors (Lipinski definition) is 3. The molecular weight excluding hydrogens is 1660 g/mol. The summed E-state index contributed by atoms with van der Waals surface area (Å²) >= 11 is 0. The Kier molecular flexibility index (Phi) is 24.5. The SMILES string of the molecule is CC(C)(C)c1ccc(-c2c(-c3ccccc3)cc(N(c3ccc(-c4ccccc4)cc3)c3ccc4c(c3)-c3ccccc3C4(C)C)c3ccccc23)cc1.Cc1ccc(-c2cc(N(c3ccc(-c4ccccc4)cc3)c3ccc(-c4ccccc4)cc3)cc3ccccc23)cc1.Cc1ccc2cc(-c3cccc(-c4cccc(-c5ccccc5)c4)c3)cc(N(c3ccccc3)c3ccccc3)c2c1. The first-order valence-corrected chi connectivity index (χ1v) is 48.0. The molecule has 0 aliphatic heterocycles. The van der Waals surface area contributed by atoms with Gasteiger partial charge in [0.05, 0.1) is 11.4 Å². The van der Waals surface area contributed by atoms with Crippen molar-refractivity contribution in [2.75, 3.05) is 14.7 Å². The second kappa shape index (κ2) is 38.5. The van der Waals surface area contributed by atoms with Crippen molar-refractivity contribution in [1.82, 2.24) is 0 Å². The van der Waals surface area contributed by atoms with Crippen molar-refractivity contribution in [3.63, 3.8) is 0 Å². The minimum absolute atomic E-state index is 0.0655. The minimum Gasteiger partial charge on any atom is -0.310 e. The molecule has 0 saturated heterocycles. The van der Waals surface area contributed by atoms with Gasteiger partial charge in [-0.3, -0.25) is 0 Å². The zero-order valence-corrected chi connectivity index (χ0v) is 79.0. The van der Waals surface area contributed by atoms with Crippen molar-refractivity contribution < 1.29 is 0 Å². The van der Waals surface area contributed by atoms with Crippen LogP contribution in [0.1, 0.15) is 62.4 Å². The average Bonchev–Trinajstić information content (AvgIpc) is 1.52. The first kappa shape index (κ1) is 87.7. The quantitative estimate of drug-likeness (QED) is 0.0848. The Morgan fingerprint density at radius 2 is 0.536 bits per heavy atom. The number of anilines is 9. The van der Waals surface area contributed by atoms with Gasteiger partial charge in [-0.2, -0.15) is 0 Å². The summed E-state index contributed by atoms with van der Waals surface area (Å²) in [6.07, 6.45) is 0. The molecule has 1 aliphatic carbocycles. The first-order valence-electron chi connectivity index (χ1n) is 48.0. The maximum Gasteiger partial charge on any atom is 0.0546 e. The number of aryl methyl sites for hydroxylation is 2. The van der Waals surface area contributed by atoms with Gasteiger partial charge in [0.2, 0.25) is 0 Å². The second-order valence-corrected chi connectivity index (χ2v) is 37.7. The molecule has 1 aliphatic rings. The van der Waals surface area contributed by atoms with E-state index in [0.717, 1.165) is 45.5 Å². The van der Waals surface area contributed by atoms with Gasteiger partial charge < -0.3 is 14.7 Å². The molecule has 662 valence electrons. The number of nitrogens with zero attached hydrogens (tertiary/aromatic N) is 3. The van der Waals surface area contributed by atoms with Crippen LogP contribution in [0.4, 0.5) is 51.2 Å². The number of hydrogen-bond donors (Lipinski definition) is 0. The van der Waals surface area contributed by atoms with E-state index in [1.165, 1.54) is 177 Å². The molecule has 3 heteroatoms. The van der Waals surface area contributed by atoms with E-state index >= 15 is 0 Å². The summed E-state index contributed by atoms with van der Waals surface area (Å²) in [5.74, 6) is 0. The van der Waals surface area contributed by atoms with E-state index in [0.29, 0.717) is 0 Å². The van der Waals surface area contributed by atoms with Crippen LogP contribution in [0.5, 0.6) is 0 Å². The fourth-order valence-corrected chi connectivity index (χ4v) is 20.0. The van der Waals surface area contributed by atoms with Crippen LogP contribution < -0.4 is 14.7 Å². The molecule has 0 spiro atoms. The Morgan fingerprint density at radius 3 is 1.07 bits per heavy atom. The predicted molar refractivity (Wildman–Crippen MR) is 591 cm³/mol. The van der Waals surface area contributed by atoms with Crippen LogP contribution in [0.2, 0.25) is 0 Å². The van der Waals surface area contributed by atoms with Crippen molar-refractivity contribution in [2.45, 2.75) is 59.3 Å². The van der Waals surface area contributed by atoms with Crippen LogP contribution in [0, 0.1) is 13.8 Å². The number of fused-ring (bicyclic) bond motifs is 6. The fraction of sp³-hybridized carbons (Fsp3) is 0.0667. The zero-order chi connectivity index (χ0) is 93.6. The van der Waals surface area contributed by atoms with Gasteiger partial charge in [0.15, 0.2) is 0 Å². The molecule has 0 heterocycles. The Bertz CT molecular complexity index is 7930. The molecule has 0 radical (unpaired) electrons. The van der Waals surface area contributed by atoms with Crippen molar-refractivity contribution >= 4 is 83.5 Å². The average molecular weight is 1770 g/mol. The maximum absolute atomic E-state index is 2.48. The molecule has 23 rings (SSSR count). The molecule has 0 saturated carbocycles. The molecule has 0 fully saturated rings. The summed E-state index contributed by atoms with van der Waals surface area (Å²) in [5, 5.41) is 7.37. The molecule has 0 bridgehead atoms. The smallest absolute Gasteiger partial charge is 0.0546 e. The molecule has 0 amide bonds. The van der Waals surface area contributed by atoms with Crippen molar-refractivity contribution in [2.24, 2.45) is 0 Å². The van der Waals surface area contributed by atoms with Crippen LogP contribution >= 0.6 is 0 Å². The van der Waals surface area contributed by atoms with Gasteiger partial charge in [-0.05, 0) is 290 Å². The summed E-state index contributed by atoms with van der Waals surface area (Å²) in [5.41, 5.74) is 41.3. The Hall–Kier alpha value is -17.0. The molecular formula is C135H107N3. The highest BCUT2D eigenvalue weighted by atomic mass is 15.2. The van der Waals surface area contributed by atoms with Gasteiger partial charge in [-0.15, -0.1) is 0 Å². The largest absolute Gasteiger partial charge is 0.310 e. The Balaban J connectivity index is 0.000000125.